The standard InChI is InChI=1S/C25H31N3O2/c29-24(26-23-11-12-23)13-10-19-6-8-20(9-7-19)18-21-14-16-28(17-15-21)25(30)27-22-4-2-1-3-5-22/h1-9,21,23H,10-18H2,(H,26,29)(H,27,30). The average Bonchev–Trinajstić information content (AvgIpc) is 3.58. The number of para-hydroxylation sites is 1. The van der Waals surface area contributed by atoms with Crippen LogP contribution in [0.3, 0.4) is 0 Å². The van der Waals surface area contributed by atoms with Crippen LogP contribution in [0.5, 0.6) is 0 Å². The van der Waals surface area contributed by atoms with Crippen molar-refractivity contribution in [2.45, 2.75) is 51.0 Å². The molecule has 3 amide bonds. The van der Waals surface area contributed by atoms with Crippen LogP contribution in [0.1, 0.15) is 43.2 Å². The highest BCUT2D eigenvalue weighted by Crippen LogP contribution is 2.23. The fraction of sp³-hybridized carbons (Fsp3) is 0.440. The minimum atomic E-state index is -0.00488. The number of piperidine rings is 1. The van der Waals surface area contributed by atoms with E-state index >= 15 is 0 Å². The molecule has 2 aromatic carbocycles. The number of hydrogen-bond donors (Lipinski definition) is 2. The maximum Gasteiger partial charge on any atom is 0.321 e. The summed E-state index contributed by atoms with van der Waals surface area (Å²) in [7, 11) is 0. The van der Waals surface area contributed by atoms with Crippen LogP contribution in [0.15, 0.2) is 54.6 Å². The fourth-order valence-electron chi connectivity index (χ4n) is 4.02. The first-order chi connectivity index (χ1) is 14.7. The van der Waals surface area contributed by atoms with Gasteiger partial charge in [-0.1, -0.05) is 42.5 Å². The number of aryl methyl sites for hydroxylation is 1. The van der Waals surface area contributed by atoms with Gasteiger partial charge in [-0.25, -0.2) is 4.79 Å². The quantitative estimate of drug-likeness (QED) is 0.718. The molecule has 1 heterocycles. The summed E-state index contributed by atoms with van der Waals surface area (Å²) in [5.41, 5.74) is 3.40. The van der Waals surface area contributed by atoms with E-state index in [-0.39, 0.29) is 11.9 Å². The number of rotatable bonds is 7. The third-order valence-corrected chi connectivity index (χ3v) is 6.06. The molecule has 0 spiro atoms. The molecule has 1 aliphatic carbocycles. The Kier molecular flexibility index (Phi) is 6.67. The number of anilines is 1. The number of nitrogens with zero attached hydrogens (tertiary/aromatic N) is 1. The second-order valence-electron chi connectivity index (χ2n) is 8.59. The molecule has 0 aromatic heterocycles. The molecule has 5 heteroatoms. The molecule has 5 nitrogen and oxygen atoms in total. The zero-order valence-electron chi connectivity index (χ0n) is 17.5. The molecule has 4 rings (SSSR count). The first-order valence-electron chi connectivity index (χ1n) is 11.1. The Balaban J connectivity index is 1.18. The highest BCUT2D eigenvalue weighted by Gasteiger charge is 2.24. The van der Waals surface area contributed by atoms with Gasteiger partial charge in [-0.3, -0.25) is 4.79 Å². The van der Waals surface area contributed by atoms with Gasteiger partial charge in [0.05, 0.1) is 0 Å². The van der Waals surface area contributed by atoms with Gasteiger partial charge in [0, 0.05) is 31.2 Å². The predicted octanol–water partition coefficient (Wildman–Crippen LogP) is 4.38. The van der Waals surface area contributed by atoms with Gasteiger partial charge in [0.1, 0.15) is 0 Å². The van der Waals surface area contributed by atoms with E-state index in [0.29, 0.717) is 18.4 Å². The van der Waals surface area contributed by atoms with Gasteiger partial charge in [-0.2, -0.15) is 0 Å². The maximum atomic E-state index is 12.4. The molecule has 2 fully saturated rings. The second-order valence-corrected chi connectivity index (χ2v) is 8.59. The molecule has 0 unspecified atom stereocenters. The zero-order valence-corrected chi connectivity index (χ0v) is 17.5. The zero-order chi connectivity index (χ0) is 20.8. The van der Waals surface area contributed by atoms with Crippen molar-refractivity contribution in [3.8, 4) is 0 Å². The monoisotopic (exact) mass is 405 g/mol. The average molecular weight is 406 g/mol. The van der Waals surface area contributed by atoms with Crippen LogP contribution >= 0.6 is 0 Å². The minimum Gasteiger partial charge on any atom is -0.353 e. The van der Waals surface area contributed by atoms with Gasteiger partial charge in [0.15, 0.2) is 0 Å². The van der Waals surface area contributed by atoms with Gasteiger partial charge >= 0.3 is 6.03 Å². The predicted molar refractivity (Wildman–Crippen MR) is 119 cm³/mol. The van der Waals surface area contributed by atoms with Crippen LogP contribution in [-0.4, -0.2) is 36.0 Å². The highest BCUT2D eigenvalue weighted by atomic mass is 16.2. The SMILES string of the molecule is O=C(CCc1ccc(CC2CCN(C(=O)Nc3ccccc3)CC2)cc1)NC1CC1. The molecular weight excluding hydrogens is 374 g/mol. The molecule has 1 saturated carbocycles. The maximum absolute atomic E-state index is 12.4. The molecular formula is C25H31N3O2. The fourth-order valence-corrected chi connectivity index (χ4v) is 4.02. The van der Waals surface area contributed by atoms with Crippen molar-refractivity contribution in [3.05, 3.63) is 65.7 Å². The number of carbonyl (C=O) groups is 2. The molecule has 0 atom stereocenters. The van der Waals surface area contributed by atoms with Crippen molar-refractivity contribution in [2.75, 3.05) is 18.4 Å². The normalized spacial score (nSPS) is 16.9. The number of urea groups is 1. The van der Waals surface area contributed by atoms with E-state index in [4.69, 9.17) is 0 Å². The molecule has 1 saturated heterocycles. The minimum absolute atomic E-state index is 0.00488. The summed E-state index contributed by atoms with van der Waals surface area (Å²) in [4.78, 5) is 26.2. The first kappa shape index (κ1) is 20.5. The summed E-state index contributed by atoms with van der Waals surface area (Å²) in [6.45, 7) is 1.61. The van der Waals surface area contributed by atoms with E-state index in [1.54, 1.807) is 0 Å². The number of nitrogens with one attached hydrogen (secondary N) is 2. The van der Waals surface area contributed by atoms with Crippen LogP contribution < -0.4 is 10.6 Å². The lowest BCUT2D eigenvalue weighted by molar-refractivity contribution is -0.121. The summed E-state index contributed by atoms with van der Waals surface area (Å²) < 4.78 is 0. The molecule has 2 aromatic rings. The molecule has 1 aliphatic heterocycles. The summed E-state index contributed by atoms with van der Waals surface area (Å²) >= 11 is 0. The molecule has 0 radical (unpaired) electrons. The van der Waals surface area contributed by atoms with Gasteiger partial charge < -0.3 is 15.5 Å². The largest absolute Gasteiger partial charge is 0.353 e. The van der Waals surface area contributed by atoms with E-state index in [1.165, 1.54) is 11.1 Å². The Hall–Kier alpha value is -2.82. The number of benzene rings is 2. The molecule has 30 heavy (non-hydrogen) atoms. The Labute approximate surface area is 178 Å². The number of carbonyl (C=O) groups excluding carboxylic acids is 2. The van der Waals surface area contributed by atoms with Gasteiger partial charge in [0.25, 0.3) is 0 Å². The summed E-state index contributed by atoms with van der Waals surface area (Å²) in [5.74, 6) is 0.783. The lowest BCUT2D eigenvalue weighted by Gasteiger charge is -2.32. The van der Waals surface area contributed by atoms with E-state index in [0.717, 1.165) is 57.3 Å². The van der Waals surface area contributed by atoms with Crippen LogP contribution in [0, 0.1) is 5.92 Å². The first-order valence-corrected chi connectivity index (χ1v) is 11.1. The molecule has 2 aliphatic rings. The Morgan fingerprint density at radius 3 is 2.20 bits per heavy atom. The summed E-state index contributed by atoms with van der Waals surface area (Å²) in [5, 5.41) is 6.02. The number of likely N-dealkylation sites (tertiary alicyclic amines) is 1. The van der Waals surface area contributed by atoms with Crippen molar-refractivity contribution in [2.24, 2.45) is 5.92 Å². The van der Waals surface area contributed by atoms with Crippen molar-refractivity contribution in [1.29, 1.82) is 0 Å². The van der Waals surface area contributed by atoms with E-state index < -0.39 is 0 Å². The molecule has 158 valence electrons. The summed E-state index contributed by atoms with van der Waals surface area (Å²) in [6.07, 6.45) is 6.76. The van der Waals surface area contributed by atoms with Gasteiger partial charge in [-0.15, -0.1) is 0 Å². The van der Waals surface area contributed by atoms with Gasteiger partial charge in [-0.05, 0) is 67.7 Å². The topological polar surface area (TPSA) is 61.4 Å². The van der Waals surface area contributed by atoms with E-state index in [1.807, 2.05) is 35.2 Å². The third-order valence-electron chi connectivity index (χ3n) is 6.06. The number of hydrogen-bond acceptors (Lipinski definition) is 2. The Morgan fingerprint density at radius 1 is 0.867 bits per heavy atom. The van der Waals surface area contributed by atoms with Crippen molar-refractivity contribution in [3.63, 3.8) is 0 Å². The van der Waals surface area contributed by atoms with Gasteiger partial charge in [0.2, 0.25) is 5.91 Å². The van der Waals surface area contributed by atoms with Crippen molar-refractivity contribution < 1.29 is 9.59 Å². The Morgan fingerprint density at radius 2 is 1.53 bits per heavy atom. The van der Waals surface area contributed by atoms with Crippen LogP contribution in [0.4, 0.5) is 10.5 Å². The van der Waals surface area contributed by atoms with Crippen LogP contribution in [-0.2, 0) is 17.6 Å². The summed E-state index contributed by atoms with van der Waals surface area (Å²) in [6, 6.07) is 18.8. The lowest BCUT2D eigenvalue weighted by Crippen LogP contribution is -2.41. The molecule has 2 N–H and O–H groups in total. The molecule has 0 bridgehead atoms. The Bertz CT molecular complexity index is 838. The van der Waals surface area contributed by atoms with E-state index in [9.17, 15) is 9.59 Å². The highest BCUT2D eigenvalue weighted by molar-refractivity contribution is 5.89. The van der Waals surface area contributed by atoms with Crippen LogP contribution in [0.25, 0.3) is 0 Å². The lowest BCUT2D eigenvalue weighted by atomic mass is 9.90. The second kappa shape index (κ2) is 9.79. The smallest absolute Gasteiger partial charge is 0.321 e. The van der Waals surface area contributed by atoms with Crippen LogP contribution in [0.2, 0.25) is 0 Å². The third kappa shape index (κ3) is 6.09. The van der Waals surface area contributed by atoms with Crippen molar-refractivity contribution in [1.82, 2.24) is 10.2 Å². The van der Waals surface area contributed by atoms with Crippen molar-refractivity contribution >= 4 is 17.6 Å². The van der Waals surface area contributed by atoms with E-state index in [2.05, 4.69) is 34.9 Å². The number of amides is 3.